The standard InChI is InChI=1S/C8H7BO3/c9-6-2-8-7(11-4-12-8)1-5(6)3-10/h1-3H,4,9H2. The molecule has 1 aliphatic heterocycles. The van der Waals surface area contributed by atoms with Gasteiger partial charge in [-0.05, 0) is 12.1 Å². The van der Waals surface area contributed by atoms with Gasteiger partial charge in [-0.15, -0.1) is 0 Å². The topological polar surface area (TPSA) is 35.5 Å². The van der Waals surface area contributed by atoms with E-state index in [0.717, 1.165) is 17.5 Å². The average molecular weight is 162 g/mol. The van der Waals surface area contributed by atoms with Gasteiger partial charge in [0.1, 0.15) is 14.1 Å². The summed E-state index contributed by atoms with van der Waals surface area (Å²) in [5.41, 5.74) is 1.56. The van der Waals surface area contributed by atoms with Crippen LogP contribution in [0.3, 0.4) is 0 Å². The van der Waals surface area contributed by atoms with Crippen molar-refractivity contribution >= 4 is 19.6 Å². The highest BCUT2D eigenvalue weighted by molar-refractivity contribution is 6.35. The molecule has 0 atom stereocenters. The number of rotatable bonds is 1. The number of hydrogen-bond donors (Lipinski definition) is 0. The van der Waals surface area contributed by atoms with E-state index in [1.807, 2.05) is 13.9 Å². The zero-order valence-corrected chi connectivity index (χ0v) is 6.66. The fourth-order valence-electron chi connectivity index (χ4n) is 1.19. The Bertz CT molecular complexity index is 335. The minimum absolute atomic E-state index is 0.247. The van der Waals surface area contributed by atoms with E-state index in [-0.39, 0.29) is 6.79 Å². The molecule has 0 spiro atoms. The van der Waals surface area contributed by atoms with Crippen LogP contribution in [0.5, 0.6) is 11.5 Å². The Morgan fingerprint density at radius 1 is 1.33 bits per heavy atom. The fraction of sp³-hybridized carbons (Fsp3) is 0.125. The first kappa shape index (κ1) is 7.22. The molecule has 2 rings (SSSR count). The van der Waals surface area contributed by atoms with E-state index in [9.17, 15) is 4.79 Å². The fourth-order valence-corrected chi connectivity index (χ4v) is 1.19. The maximum Gasteiger partial charge on any atom is 0.231 e. The highest BCUT2D eigenvalue weighted by atomic mass is 16.7. The first-order valence-corrected chi connectivity index (χ1v) is 3.66. The van der Waals surface area contributed by atoms with Crippen LogP contribution < -0.4 is 14.9 Å². The molecule has 1 aromatic carbocycles. The quantitative estimate of drug-likeness (QED) is 0.412. The summed E-state index contributed by atoms with van der Waals surface area (Å²) in [5, 5.41) is 0. The number of benzene rings is 1. The van der Waals surface area contributed by atoms with Crippen molar-refractivity contribution in [1.82, 2.24) is 0 Å². The number of fused-ring (bicyclic) bond motifs is 1. The van der Waals surface area contributed by atoms with Gasteiger partial charge in [-0.1, -0.05) is 5.46 Å². The van der Waals surface area contributed by atoms with E-state index in [0.29, 0.717) is 11.3 Å². The van der Waals surface area contributed by atoms with Crippen LogP contribution in [0.25, 0.3) is 0 Å². The van der Waals surface area contributed by atoms with E-state index in [1.165, 1.54) is 0 Å². The van der Waals surface area contributed by atoms with Crippen LogP contribution in [0.2, 0.25) is 0 Å². The second kappa shape index (κ2) is 2.55. The Balaban J connectivity index is 2.56. The predicted molar refractivity (Wildman–Crippen MR) is 46.1 cm³/mol. The first-order valence-electron chi connectivity index (χ1n) is 3.66. The monoisotopic (exact) mass is 162 g/mol. The van der Waals surface area contributed by atoms with Crippen LogP contribution in [0.4, 0.5) is 0 Å². The molecule has 1 aliphatic rings. The lowest BCUT2D eigenvalue weighted by Gasteiger charge is -2.00. The van der Waals surface area contributed by atoms with E-state index in [1.54, 1.807) is 6.07 Å². The highest BCUT2D eigenvalue weighted by Gasteiger charge is 2.14. The molecule has 0 radical (unpaired) electrons. The van der Waals surface area contributed by atoms with Gasteiger partial charge in [-0.3, -0.25) is 4.79 Å². The zero-order chi connectivity index (χ0) is 8.55. The average Bonchev–Trinajstić information content (AvgIpc) is 2.49. The first-order chi connectivity index (χ1) is 5.81. The third kappa shape index (κ3) is 0.960. The molecule has 12 heavy (non-hydrogen) atoms. The molecule has 0 aliphatic carbocycles. The lowest BCUT2D eigenvalue weighted by atomic mass is 9.91. The summed E-state index contributed by atoms with van der Waals surface area (Å²) in [6.45, 7) is 0.247. The third-order valence-electron chi connectivity index (χ3n) is 1.89. The lowest BCUT2D eigenvalue weighted by Crippen LogP contribution is -2.08. The van der Waals surface area contributed by atoms with Gasteiger partial charge in [0.05, 0.1) is 0 Å². The molecule has 4 heteroatoms. The minimum Gasteiger partial charge on any atom is -0.454 e. The molecule has 0 unspecified atom stereocenters. The van der Waals surface area contributed by atoms with Crippen molar-refractivity contribution in [2.45, 2.75) is 0 Å². The summed E-state index contributed by atoms with van der Waals surface area (Å²) in [4.78, 5) is 10.5. The van der Waals surface area contributed by atoms with Crippen LogP contribution in [0, 0.1) is 0 Å². The van der Waals surface area contributed by atoms with Crippen molar-refractivity contribution in [2.24, 2.45) is 0 Å². The Morgan fingerprint density at radius 2 is 2.00 bits per heavy atom. The van der Waals surface area contributed by atoms with Gasteiger partial charge in [-0.25, -0.2) is 0 Å². The number of carbonyl (C=O) groups is 1. The molecular formula is C8H7BO3. The number of aldehydes is 1. The predicted octanol–water partition coefficient (Wildman–Crippen LogP) is -0.514. The Kier molecular flexibility index (Phi) is 1.53. The molecule has 0 amide bonds. The zero-order valence-electron chi connectivity index (χ0n) is 6.66. The lowest BCUT2D eigenvalue weighted by molar-refractivity contribution is 0.112. The van der Waals surface area contributed by atoms with Crippen molar-refractivity contribution in [1.29, 1.82) is 0 Å². The molecule has 0 aromatic heterocycles. The molecule has 1 heterocycles. The summed E-state index contributed by atoms with van der Waals surface area (Å²) in [6, 6.07) is 3.51. The van der Waals surface area contributed by atoms with Crippen molar-refractivity contribution in [3.8, 4) is 11.5 Å². The Hall–Kier alpha value is -1.45. The molecule has 0 saturated carbocycles. The van der Waals surface area contributed by atoms with Crippen molar-refractivity contribution in [3.05, 3.63) is 17.7 Å². The van der Waals surface area contributed by atoms with Gasteiger partial charge in [0, 0.05) is 5.56 Å². The summed E-state index contributed by atoms with van der Waals surface area (Å²) >= 11 is 0. The number of carbonyl (C=O) groups excluding carboxylic acids is 1. The number of hydrogen-bond acceptors (Lipinski definition) is 3. The van der Waals surface area contributed by atoms with E-state index in [2.05, 4.69) is 0 Å². The van der Waals surface area contributed by atoms with E-state index >= 15 is 0 Å². The third-order valence-corrected chi connectivity index (χ3v) is 1.89. The van der Waals surface area contributed by atoms with Crippen molar-refractivity contribution in [3.63, 3.8) is 0 Å². The minimum atomic E-state index is 0.247. The molecule has 0 bridgehead atoms. The molecule has 3 nitrogen and oxygen atoms in total. The molecule has 1 aromatic rings. The maximum atomic E-state index is 10.5. The normalized spacial score (nSPS) is 13.0. The smallest absolute Gasteiger partial charge is 0.231 e. The van der Waals surface area contributed by atoms with Crippen LogP contribution in [0.1, 0.15) is 10.4 Å². The molecular weight excluding hydrogens is 155 g/mol. The van der Waals surface area contributed by atoms with E-state index < -0.39 is 0 Å². The molecule has 0 fully saturated rings. The van der Waals surface area contributed by atoms with Crippen LogP contribution in [0.15, 0.2) is 12.1 Å². The highest BCUT2D eigenvalue weighted by Crippen LogP contribution is 2.30. The molecule has 60 valence electrons. The largest absolute Gasteiger partial charge is 0.454 e. The molecule has 0 N–H and O–H groups in total. The Labute approximate surface area is 70.7 Å². The van der Waals surface area contributed by atoms with Gasteiger partial charge in [0.15, 0.2) is 11.5 Å². The van der Waals surface area contributed by atoms with E-state index in [4.69, 9.17) is 9.47 Å². The number of ether oxygens (including phenoxy) is 2. The van der Waals surface area contributed by atoms with Crippen molar-refractivity contribution < 1.29 is 14.3 Å². The SMILES string of the molecule is Bc1cc2c(cc1C=O)OCO2. The van der Waals surface area contributed by atoms with Gasteiger partial charge in [0.25, 0.3) is 0 Å². The summed E-state index contributed by atoms with van der Waals surface area (Å²) < 4.78 is 10.3. The maximum absolute atomic E-state index is 10.5. The Morgan fingerprint density at radius 3 is 2.67 bits per heavy atom. The van der Waals surface area contributed by atoms with Crippen molar-refractivity contribution in [2.75, 3.05) is 6.79 Å². The summed E-state index contributed by atoms with van der Waals surface area (Å²) in [7, 11) is 1.87. The van der Waals surface area contributed by atoms with Crippen LogP contribution >= 0.6 is 0 Å². The van der Waals surface area contributed by atoms with Gasteiger partial charge >= 0.3 is 0 Å². The van der Waals surface area contributed by atoms with Gasteiger partial charge < -0.3 is 9.47 Å². The van der Waals surface area contributed by atoms with Gasteiger partial charge in [0.2, 0.25) is 6.79 Å². The summed E-state index contributed by atoms with van der Waals surface area (Å²) in [6.07, 6.45) is 0.817. The second-order valence-corrected chi connectivity index (χ2v) is 2.68. The second-order valence-electron chi connectivity index (χ2n) is 2.68. The van der Waals surface area contributed by atoms with Gasteiger partial charge in [-0.2, -0.15) is 0 Å². The van der Waals surface area contributed by atoms with Crippen LogP contribution in [-0.4, -0.2) is 20.9 Å². The van der Waals surface area contributed by atoms with Crippen LogP contribution in [-0.2, 0) is 0 Å². The molecule has 0 saturated heterocycles. The summed E-state index contributed by atoms with van der Waals surface area (Å²) in [5.74, 6) is 1.38.